The zero-order valence-corrected chi connectivity index (χ0v) is 43.1. The van der Waals surface area contributed by atoms with Gasteiger partial charge in [-0.25, -0.2) is 0 Å². The molecule has 58 heavy (non-hydrogen) atoms. The van der Waals surface area contributed by atoms with Crippen LogP contribution in [0.5, 0.6) is 0 Å². The van der Waals surface area contributed by atoms with Crippen molar-refractivity contribution in [3.05, 3.63) is 146 Å². The first kappa shape index (κ1) is 55.7. The van der Waals surface area contributed by atoms with Crippen molar-refractivity contribution >= 4 is 53.2 Å². The molecule has 0 unspecified atom stereocenters. The Morgan fingerprint density at radius 3 is 1.59 bits per heavy atom. The number of benzene rings is 4. The molecule has 0 saturated heterocycles. The van der Waals surface area contributed by atoms with Crippen molar-refractivity contribution in [2.24, 2.45) is 0 Å². The molecule has 0 aliphatic rings. The summed E-state index contributed by atoms with van der Waals surface area (Å²) in [5.41, 5.74) is 12.9. The fraction of sp³-hybridized carbons (Fsp3) is 0.396. The van der Waals surface area contributed by atoms with E-state index < -0.39 is 0 Å². The van der Waals surface area contributed by atoms with Gasteiger partial charge in [0.15, 0.2) is 0 Å². The maximum atomic E-state index is 5.85. The molecule has 0 bridgehead atoms. The van der Waals surface area contributed by atoms with E-state index in [0.717, 1.165) is 25.9 Å². The van der Waals surface area contributed by atoms with Crippen molar-refractivity contribution in [1.29, 1.82) is 0 Å². The van der Waals surface area contributed by atoms with Crippen molar-refractivity contribution < 1.29 is 28.1 Å². The van der Waals surface area contributed by atoms with E-state index in [4.69, 9.17) is 4.74 Å². The minimum atomic E-state index is -0.0210. The van der Waals surface area contributed by atoms with Crippen LogP contribution in [0.1, 0.15) is 123 Å². The molecule has 0 spiro atoms. The quantitative estimate of drug-likeness (QED) is 0.0756. The molecule has 0 amide bonds. The van der Waals surface area contributed by atoms with Crippen LogP contribution in [0, 0.1) is 21.8 Å². The standard InChI is InChI=1S/C30H41O.C21H23.2CH3.2ClH.Si.Zr/c1-22-21-24-13-12-15-27(23-16-18-25(19-17-23)29(2,3)4)28(24)26(22)14-10-8-9-11-20-31-30(5,6)7;1-5-15-13-17-7-6-8-19(20(17)14-15)16-9-11-18(12-10-16)21(2,3)4;;;;;;/h12-13,15-19,21H,8-11,14,20H2,1-7H3;6-14H,5H2,1-4H3;2*1H3;2*1H;;/q4*-1;;;;. The SMILES string of the molecule is CCc1cc2c(-c3ccc(C(C)(C)C)cc3)cccc2[cH-]1.Cc1[cH-]c2cccc(-c3ccc(C(C)(C)C)cc3)c2c1CCCCCCOC(C)(C)C.Cl.Cl.[CH3-].[CH3-].[Si]=[Zr]. The number of ether oxygens (including phenoxy) is 1. The monoisotopic (exact) mass is 912 g/mol. The summed E-state index contributed by atoms with van der Waals surface area (Å²) in [5, 5.41) is 5.56. The minimum absolute atomic E-state index is 0. The van der Waals surface area contributed by atoms with Gasteiger partial charge in [-0.2, -0.15) is 6.07 Å². The van der Waals surface area contributed by atoms with Crippen LogP contribution in [-0.2, 0) is 51.7 Å². The number of aryl methyl sites for hydroxylation is 3. The summed E-state index contributed by atoms with van der Waals surface area (Å²) in [6, 6.07) is 38.6. The van der Waals surface area contributed by atoms with E-state index in [-0.39, 0.29) is 56.1 Å². The first-order valence-electron chi connectivity index (χ1n) is 20.0. The van der Waals surface area contributed by atoms with E-state index in [2.05, 4.69) is 186 Å². The Balaban J connectivity index is 0.00000106. The topological polar surface area (TPSA) is 9.23 Å². The van der Waals surface area contributed by atoms with Crippen LogP contribution < -0.4 is 0 Å². The van der Waals surface area contributed by atoms with E-state index >= 15 is 0 Å². The Kier molecular flexibility index (Phi) is 23.9. The van der Waals surface area contributed by atoms with Crippen molar-refractivity contribution in [3.8, 4) is 22.3 Å². The number of rotatable bonds is 10. The first-order chi connectivity index (χ1) is 25.5. The summed E-state index contributed by atoms with van der Waals surface area (Å²) >= 11 is 1.36. The Labute approximate surface area is 384 Å². The van der Waals surface area contributed by atoms with Gasteiger partial charge in [0.2, 0.25) is 0 Å². The summed E-state index contributed by atoms with van der Waals surface area (Å²) in [7, 11) is 0. The number of fused-ring (bicyclic) bond motifs is 2. The second-order valence-corrected chi connectivity index (χ2v) is 17.9. The molecule has 1 nitrogen and oxygen atoms in total. The third-order valence-corrected chi connectivity index (χ3v) is 10.4. The average Bonchev–Trinajstić information content (AvgIpc) is 3.71. The van der Waals surface area contributed by atoms with Crippen LogP contribution in [0.4, 0.5) is 0 Å². The van der Waals surface area contributed by atoms with Crippen LogP contribution in [0.3, 0.4) is 0 Å². The Morgan fingerprint density at radius 2 is 1.09 bits per heavy atom. The number of unbranched alkanes of at least 4 members (excludes halogenated alkanes) is 3. The van der Waals surface area contributed by atoms with Gasteiger partial charge in [0.25, 0.3) is 0 Å². The molecule has 6 rings (SSSR count). The number of halogens is 2. The zero-order chi connectivity index (χ0) is 39.7. The van der Waals surface area contributed by atoms with E-state index in [9.17, 15) is 0 Å². The zero-order valence-electron chi connectivity index (χ0n) is 38.0. The molecule has 5 heteroatoms. The molecule has 0 aromatic heterocycles. The molecule has 0 fully saturated rings. The van der Waals surface area contributed by atoms with Gasteiger partial charge in [-0.15, -0.1) is 99.4 Å². The van der Waals surface area contributed by atoms with E-state index in [1.165, 1.54) is 114 Å². The number of hydrogen-bond donors (Lipinski definition) is 0. The van der Waals surface area contributed by atoms with E-state index in [0.29, 0.717) is 0 Å². The van der Waals surface area contributed by atoms with Gasteiger partial charge >= 0.3 is 30.2 Å². The molecule has 0 heterocycles. The van der Waals surface area contributed by atoms with Crippen LogP contribution in [-0.4, -0.2) is 19.1 Å². The van der Waals surface area contributed by atoms with Crippen LogP contribution in [0.25, 0.3) is 43.8 Å². The predicted molar refractivity (Wildman–Crippen MR) is 262 cm³/mol. The average molecular weight is 915 g/mol. The predicted octanol–water partition coefficient (Wildman–Crippen LogP) is 16.2. The molecule has 0 atom stereocenters. The van der Waals surface area contributed by atoms with Crippen LogP contribution in [0.15, 0.2) is 103 Å². The van der Waals surface area contributed by atoms with E-state index in [1.807, 2.05) is 0 Å². The normalized spacial score (nSPS) is 11.1. The summed E-state index contributed by atoms with van der Waals surface area (Å²) in [6.07, 6.45) is 7.16. The molecule has 0 N–H and O–H groups in total. The maximum absolute atomic E-state index is 5.85. The van der Waals surface area contributed by atoms with Crippen molar-refractivity contribution in [3.63, 3.8) is 0 Å². The van der Waals surface area contributed by atoms with E-state index in [1.54, 1.807) is 0 Å². The van der Waals surface area contributed by atoms with Crippen molar-refractivity contribution in [2.75, 3.05) is 6.61 Å². The van der Waals surface area contributed by atoms with Gasteiger partial charge in [0.05, 0.1) is 5.60 Å². The fourth-order valence-corrected chi connectivity index (χ4v) is 7.30. The summed E-state index contributed by atoms with van der Waals surface area (Å²) in [4.78, 5) is 0. The molecule has 0 aliphatic carbocycles. The summed E-state index contributed by atoms with van der Waals surface area (Å²) in [5.74, 6) is 0. The van der Waals surface area contributed by atoms with Gasteiger partial charge in [0, 0.05) is 6.61 Å². The molecule has 0 aliphatic heterocycles. The molecule has 316 valence electrons. The number of hydrogen-bond acceptors (Lipinski definition) is 1. The van der Waals surface area contributed by atoms with Crippen molar-refractivity contribution in [2.45, 2.75) is 131 Å². The summed E-state index contributed by atoms with van der Waals surface area (Å²) < 4.78 is 5.85. The van der Waals surface area contributed by atoms with Crippen LogP contribution >= 0.6 is 24.8 Å². The Hall–Kier alpha value is -2.26. The summed E-state index contributed by atoms with van der Waals surface area (Å²) in [6.45, 7) is 28.4. The molecule has 6 aromatic carbocycles. The van der Waals surface area contributed by atoms with Gasteiger partial charge in [-0.05, 0) is 66.7 Å². The second-order valence-electron chi connectivity index (χ2n) is 17.9. The molecule has 2 radical (unpaired) electrons. The molecular weight excluding hydrogens is 843 g/mol. The van der Waals surface area contributed by atoms with Gasteiger partial charge in [-0.3, -0.25) is 0 Å². The van der Waals surface area contributed by atoms with Gasteiger partial charge in [0.1, 0.15) is 0 Å². The van der Waals surface area contributed by atoms with Crippen molar-refractivity contribution in [1.82, 2.24) is 0 Å². The second kappa shape index (κ2) is 24.9. The Morgan fingerprint density at radius 1 is 0.603 bits per heavy atom. The first-order valence-corrected chi connectivity index (χ1v) is 24.2. The Bertz CT molecular complexity index is 2070. The molecule has 6 aromatic rings. The fourth-order valence-electron chi connectivity index (χ4n) is 7.30. The van der Waals surface area contributed by atoms with Gasteiger partial charge < -0.3 is 19.6 Å². The third kappa shape index (κ3) is 15.3. The molecular formula is C53H72Cl2OSiZr-4. The van der Waals surface area contributed by atoms with Crippen LogP contribution in [0.2, 0.25) is 0 Å². The van der Waals surface area contributed by atoms with Gasteiger partial charge in [-0.1, -0.05) is 153 Å². The molecule has 0 saturated carbocycles. The third-order valence-electron chi connectivity index (χ3n) is 10.4.